The number of rotatable bonds is 0. The van der Waals surface area contributed by atoms with E-state index in [-0.39, 0.29) is 0 Å². The minimum absolute atomic E-state index is 0.674. The molecular weight excluding hydrogens is 264 g/mol. The molecule has 22 heavy (non-hydrogen) atoms. The molecule has 0 nitrogen and oxygen atoms in total. The van der Waals surface area contributed by atoms with E-state index in [4.69, 9.17) is 0 Å². The third kappa shape index (κ3) is 1.14. The summed E-state index contributed by atoms with van der Waals surface area (Å²) in [6.07, 6.45) is 21.4. The van der Waals surface area contributed by atoms with E-state index in [0.717, 1.165) is 35.5 Å². The molecule has 8 atom stereocenters. The molecule has 0 amide bonds. The number of hydrogen-bond acceptors (Lipinski definition) is 0. The molecule has 0 N–H and O–H groups in total. The highest BCUT2D eigenvalue weighted by molar-refractivity contribution is 5.59. The molecule has 8 bridgehead atoms. The predicted molar refractivity (Wildman–Crippen MR) is 88.1 cm³/mol. The second-order valence-electron chi connectivity index (χ2n) is 10.5. The van der Waals surface area contributed by atoms with Gasteiger partial charge >= 0.3 is 0 Å². The van der Waals surface area contributed by atoms with Crippen molar-refractivity contribution in [1.82, 2.24) is 0 Å². The molecule has 9 aliphatic carbocycles. The van der Waals surface area contributed by atoms with Crippen LogP contribution in [0.5, 0.6) is 0 Å². The summed E-state index contributed by atoms with van der Waals surface area (Å²) in [4.78, 5) is 0. The van der Waals surface area contributed by atoms with Gasteiger partial charge in [-0.25, -0.2) is 0 Å². The highest BCUT2D eigenvalue weighted by atomic mass is 14.7. The molecule has 0 radical (unpaired) electrons. The Morgan fingerprint density at radius 1 is 0.545 bits per heavy atom. The molecule has 0 aromatic rings. The van der Waals surface area contributed by atoms with Crippen molar-refractivity contribution >= 4 is 0 Å². The lowest BCUT2D eigenvalue weighted by molar-refractivity contribution is -0.0887. The van der Waals surface area contributed by atoms with Crippen molar-refractivity contribution in [1.29, 1.82) is 0 Å². The monoisotopic (exact) mass is 292 g/mol. The summed E-state index contributed by atoms with van der Waals surface area (Å²) in [5.74, 6) is 6.25. The Bertz CT molecular complexity index is 550. The minimum atomic E-state index is 0.674. The van der Waals surface area contributed by atoms with Crippen LogP contribution in [0.3, 0.4) is 0 Å². The highest BCUT2D eigenvalue weighted by Crippen LogP contribution is 2.80. The summed E-state index contributed by atoms with van der Waals surface area (Å²) in [7, 11) is 0. The van der Waals surface area contributed by atoms with E-state index in [1.807, 2.05) is 11.1 Å². The van der Waals surface area contributed by atoms with Crippen LogP contribution in [0.1, 0.15) is 64.2 Å². The van der Waals surface area contributed by atoms with E-state index in [1.165, 1.54) is 0 Å². The largest absolute Gasteiger partial charge is 0.0773 e. The highest BCUT2D eigenvalue weighted by Gasteiger charge is 2.71. The number of hydrogen-bond donors (Lipinski definition) is 0. The van der Waals surface area contributed by atoms with Gasteiger partial charge < -0.3 is 0 Å². The van der Waals surface area contributed by atoms with Gasteiger partial charge in [0.1, 0.15) is 0 Å². The Labute approximate surface area is 134 Å². The van der Waals surface area contributed by atoms with Gasteiger partial charge in [0.25, 0.3) is 0 Å². The zero-order chi connectivity index (χ0) is 14.1. The lowest BCUT2D eigenvalue weighted by Crippen LogP contribution is -2.60. The van der Waals surface area contributed by atoms with Gasteiger partial charge in [-0.3, -0.25) is 0 Å². The normalized spacial score (nSPS) is 62.5. The molecule has 0 aromatic heterocycles. The van der Waals surface area contributed by atoms with Gasteiger partial charge in [-0.2, -0.15) is 0 Å². The van der Waals surface area contributed by atoms with E-state index < -0.39 is 0 Å². The maximum atomic E-state index is 2.84. The lowest BCUT2D eigenvalue weighted by Gasteiger charge is -2.69. The molecule has 0 aliphatic heterocycles. The van der Waals surface area contributed by atoms with Gasteiger partial charge in [-0.05, 0) is 111 Å². The zero-order valence-electron chi connectivity index (χ0n) is 13.7. The van der Waals surface area contributed by atoms with Crippen molar-refractivity contribution in [3.8, 4) is 0 Å². The third-order valence-corrected chi connectivity index (χ3v) is 9.47. The SMILES string of the molecule is C1=C2C3=CC4C[C@@H]5C[C@H](C4)CC3(C5)C23C[C@@H]2CC1C[C@@H](C2)C3. The van der Waals surface area contributed by atoms with E-state index in [2.05, 4.69) is 12.2 Å². The second kappa shape index (κ2) is 3.45. The summed E-state index contributed by atoms with van der Waals surface area (Å²) < 4.78 is 0. The van der Waals surface area contributed by atoms with Gasteiger partial charge in [0.05, 0.1) is 0 Å². The first kappa shape index (κ1) is 11.9. The Morgan fingerprint density at radius 3 is 1.27 bits per heavy atom. The molecule has 2 spiro atoms. The van der Waals surface area contributed by atoms with Gasteiger partial charge in [-0.15, -0.1) is 0 Å². The van der Waals surface area contributed by atoms with Crippen molar-refractivity contribution in [2.75, 3.05) is 0 Å². The molecule has 9 aliphatic rings. The lowest BCUT2D eigenvalue weighted by atomic mass is 9.34. The van der Waals surface area contributed by atoms with Crippen LogP contribution in [0, 0.1) is 46.3 Å². The molecular formula is C22H28. The zero-order valence-corrected chi connectivity index (χ0v) is 13.7. The van der Waals surface area contributed by atoms with Crippen LogP contribution in [0.2, 0.25) is 0 Å². The van der Waals surface area contributed by atoms with Crippen LogP contribution in [0.15, 0.2) is 23.3 Å². The van der Waals surface area contributed by atoms with Crippen molar-refractivity contribution in [3.05, 3.63) is 23.3 Å². The summed E-state index contributed by atoms with van der Waals surface area (Å²) in [5.41, 5.74) is 5.20. The fourth-order valence-corrected chi connectivity index (χ4v) is 9.47. The molecule has 4 unspecified atom stereocenters. The Balaban J connectivity index is 1.48. The summed E-state index contributed by atoms with van der Waals surface area (Å²) in [6, 6.07) is 0. The standard InChI is InChI=1S/C22H28/c1-13-2-16-5-15(1)9-21(10-16)19(7-13)20-8-14-3-17-6-18(4-14)12-22(20,21)11-17/h7-8,13-18H,1-6,9-12H2/t13?,14?,15-,16+,17-,18+,21?,22?. The van der Waals surface area contributed by atoms with Crippen LogP contribution in [0.4, 0.5) is 0 Å². The van der Waals surface area contributed by atoms with Crippen molar-refractivity contribution in [2.24, 2.45) is 46.3 Å². The number of allylic oxidation sites excluding steroid dienone is 4. The maximum absolute atomic E-state index is 2.84. The smallest absolute Gasteiger partial charge is 0.00550 e. The van der Waals surface area contributed by atoms with Gasteiger partial charge in [0.2, 0.25) is 0 Å². The van der Waals surface area contributed by atoms with E-state index in [9.17, 15) is 0 Å². The maximum Gasteiger partial charge on any atom is 0.00550 e. The van der Waals surface area contributed by atoms with Crippen LogP contribution in [-0.4, -0.2) is 0 Å². The van der Waals surface area contributed by atoms with Crippen LogP contribution in [0.25, 0.3) is 0 Å². The molecule has 116 valence electrons. The van der Waals surface area contributed by atoms with Crippen molar-refractivity contribution < 1.29 is 0 Å². The van der Waals surface area contributed by atoms with E-state index >= 15 is 0 Å². The van der Waals surface area contributed by atoms with Crippen LogP contribution >= 0.6 is 0 Å². The van der Waals surface area contributed by atoms with Crippen molar-refractivity contribution in [2.45, 2.75) is 64.2 Å². The topological polar surface area (TPSA) is 0 Å². The van der Waals surface area contributed by atoms with Gasteiger partial charge in [0, 0.05) is 10.8 Å². The quantitative estimate of drug-likeness (QED) is 0.552. The first-order valence-corrected chi connectivity index (χ1v) is 10.2. The fraction of sp³-hybridized carbons (Fsp3) is 0.818. The molecule has 5 saturated carbocycles. The average Bonchev–Trinajstić information content (AvgIpc) is 2.74. The van der Waals surface area contributed by atoms with Gasteiger partial charge in [-0.1, -0.05) is 12.2 Å². The van der Waals surface area contributed by atoms with Crippen molar-refractivity contribution in [3.63, 3.8) is 0 Å². The summed E-state index contributed by atoms with van der Waals surface area (Å²) >= 11 is 0. The second-order valence-corrected chi connectivity index (χ2v) is 10.5. The Hall–Kier alpha value is -0.520. The summed E-state index contributed by atoms with van der Waals surface area (Å²) in [5, 5.41) is 0. The molecule has 0 saturated heterocycles. The third-order valence-electron chi connectivity index (χ3n) is 9.47. The van der Waals surface area contributed by atoms with E-state index in [0.29, 0.717) is 10.8 Å². The molecule has 0 heteroatoms. The van der Waals surface area contributed by atoms with E-state index in [1.54, 1.807) is 64.2 Å². The van der Waals surface area contributed by atoms with Crippen LogP contribution < -0.4 is 0 Å². The Kier molecular flexibility index (Phi) is 1.87. The Morgan fingerprint density at radius 2 is 0.909 bits per heavy atom. The molecule has 0 aromatic carbocycles. The first-order chi connectivity index (χ1) is 10.7. The molecule has 0 heterocycles. The minimum Gasteiger partial charge on any atom is -0.0773 e. The summed E-state index contributed by atoms with van der Waals surface area (Å²) in [6.45, 7) is 0. The molecule has 9 rings (SSSR count). The molecule has 5 fully saturated rings. The van der Waals surface area contributed by atoms with Crippen LogP contribution in [-0.2, 0) is 0 Å². The fourth-order valence-electron chi connectivity index (χ4n) is 9.47. The average molecular weight is 292 g/mol. The first-order valence-electron chi connectivity index (χ1n) is 10.2. The van der Waals surface area contributed by atoms with Gasteiger partial charge in [0.15, 0.2) is 0 Å². The predicted octanol–water partition coefficient (Wildman–Crippen LogP) is 5.51.